The topological polar surface area (TPSA) is 52.6 Å². The van der Waals surface area contributed by atoms with E-state index in [-0.39, 0.29) is 12.0 Å². The van der Waals surface area contributed by atoms with Gasteiger partial charge in [-0.2, -0.15) is 0 Å². The Labute approximate surface area is 104 Å². The summed E-state index contributed by atoms with van der Waals surface area (Å²) in [5.41, 5.74) is 0.252. The molecule has 0 aromatic carbocycles. The molecule has 0 bridgehead atoms. The van der Waals surface area contributed by atoms with E-state index in [2.05, 4.69) is 32.4 Å². The van der Waals surface area contributed by atoms with Crippen LogP contribution in [0.3, 0.4) is 0 Å². The molecule has 0 rings (SSSR count). The van der Waals surface area contributed by atoms with Crippen LogP contribution >= 0.6 is 0 Å². The van der Waals surface area contributed by atoms with E-state index < -0.39 is 11.9 Å². The number of carbonyl (C=O) groups excluding carboxylic acids is 2. The number of ether oxygens (including phenoxy) is 2. The van der Waals surface area contributed by atoms with Crippen LogP contribution < -0.4 is 0 Å². The fourth-order valence-electron chi connectivity index (χ4n) is 1.20. The minimum absolute atomic E-state index is 0.252. The van der Waals surface area contributed by atoms with Gasteiger partial charge in [-0.25, -0.2) is 4.79 Å². The molecule has 0 unspecified atom stereocenters. The lowest BCUT2D eigenvalue weighted by Gasteiger charge is -2.29. The molecule has 0 radical (unpaired) electrons. The Hall–Kier alpha value is -1.06. The zero-order valence-electron chi connectivity index (χ0n) is 11.5. The maximum atomic E-state index is 11.1. The first kappa shape index (κ1) is 15.9. The molecule has 0 heterocycles. The molecule has 0 aliphatic carbocycles. The number of hydrogen-bond acceptors (Lipinski definition) is 4. The van der Waals surface area contributed by atoms with Crippen molar-refractivity contribution in [2.24, 2.45) is 11.3 Å². The van der Waals surface area contributed by atoms with Crippen molar-refractivity contribution in [1.82, 2.24) is 0 Å². The van der Waals surface area contributed by atoms with Gasteiger partial charge < -0.3 is 9.47 Å². The summed E-state index contributed by atoms with van der Waals surface area (Å²) in [6.07, 6.45) is 1.84. The highest BCUT2D eigenvalue weighted by atomic mass is 16.6. The van der Waals surface area contributed by atoms with E-state index in [0.717, 1.165) is 12.8 Å². The van der Waals surface area contributed by atoms with E-state index in [0.29, 0.717) is 12.5 Å². The molecule has 0 spiro atoms. The van der Waals surface area contributed by atoms with Gasteiger partial charge in [-0.05, 0) is 24.2 Å². The Morgan fingerprint density at radius 2 is 1.76 bits per heavy atom. The second-order valence-electron chi connectivity index (χ2n) is 5.25. The molecule has 0 saturated heterocycles. The van der Waals surface area contributed by atoms with Gasteiger partial charge in [-0.1, -0.05) is 27.7 Å². The van der Waals surface area contributed by atoms with Crippen LogP contribution in [0.4, 0.5) is 0 Å². The summed E-state index contributed by atoms with van der Waals surface area (Å²) in [6.45, 7) is 10.1. The van der Waals surface area contributed by atoms with Gasteiger partial charge in [0.2, 0.25) is 0 Å². The number of esters is 2. The van der Waals surface area contributed by atoms with E-state index in [1.165, 1.54) is 6.92 Å². The predicted octanol–water partition coefficient (Wildman–Crippen LogP) is 2.56. The Morgan fingerprint density at radius 1 is 1.18 bits per heavy atom. The zero-order chi connectivity index (χ0) is 13.5. The molecule has 0 fully saturated rings. The molecule has 100 valence electrons. The van der Waals surface area contributed by atoms with Crippen molar-refractivity contribution >= 4 is 11.9 Å². The summed E-state index contributed by atoms with van der Waals surface area (Å²) in [6, 6.07) is 0. The maximum Gasteiger partial charge on any atom is 0.344 e. The summed E-state index contributed by atoms with van der Waals surface area (Å²) in [5.74, 6) is -0.357. The Kier molecular flexibility index (Phi) is 6.85. The van der Waals surface area contributed by atoms with Gasteiger partial charge in [0.15, 0.2) is 6.61 Å². The maximum absolute atomic E-state index is 11.1. The second kappa shape index (κ2) is 7.30. The van der Waals surface area contributed by atoms with Crippen molar-refractivity contribution < 1.29 is 19.1 Å². The Balaban J connectivity index is 3.64. The van der Waals surface area contributed by atoms with Crippen LogP contribution in [-0.2, 0) is 19.1 Å². The van der Waals surface area contributed by atoms with E-state index in [4.69, 9.17) is 4.74 Å². The lowest BCUT2D eigenvalue weighted by Crippen LogP contribution is -2.21. The van der Waals surface area contributed by atoms with E-state index in [1.54, 1.807) is 0 Å². The average molecular weight is 244 g/mol. The standard InChI is InChI=1S/C13H24O4/c1-10(2)13(4,5)7-6-8-16-12(15)9-17-11(3)14/h10H,6-9H2,1-5H3. The molecule has 0 atom stereocenters. The summed E-state index contributed by atoms with van der Waals surface area (Å²) in [7, 11) is 0. The molecule has 0 saturated carbocycles. The first-order valence-electron chi connectivity index (χ1n) is 6.04. The van der Waals surface area contributed by atoms with Crippen LogP contribution in [0.1, 0.15) is 47.5 Å². The van der Waals surface area contributed by atoms with E-state index >= 15 is 0 Å². The fourth-order valence-corrected chi connectivity index (χ4v) is 1.20. The van der Waals surface area contributed by atoms with Crippen molar-refractivity contribution in [1.29, 1.82) is 0 Å². The van der Waals surface area contributed by atoms with Crippen LogP contribution in [0, 0.1) is 11.3 Å². The van der Waals surface area contributed by atoms with Crippen molar-refractivity contribution in [2.75, 3.05) is 13.2 Å². The van der Waals surface area contributed by atoms with E-state index in [1.807, 2.05) is 0 Å². The molecule has 0 aromatic heterocycles. The fraction of sp³-hybridized carbons (Fsp3) is 0.846. The van der Waals surface area contributed by atoms with Gasteiger partial charge in [0, 0.05) is 6.92 Å². The molecule has 0 N–H and O–H groups in total. The molecule has 4 nitrogen and oxygen atoms in total. The molecule has 0 aromatic rings. The number of rotatable bonds is 7. The summed E-state index contributed by atoms with van der Waals surface area (Å²) < 4.78 is 9.48. The smallest absolute Gasteiger partial charge is 0.344 e. The van der Waals surface area contributed by atoms with Gasteiger partial charge >= 0.3 is 11.9 Å². The van der Waals surface area contributed by atoms with Crippen molar-refractivity contribution in [2.45, 2.75) is 47.5 Å². The largest absolute Gasteiger partial charge is 0.463 e. The first-order valence-corrected chi connectivity index (χ1v) is 6.04. The van der Waals surface area contributed by atoms with Crippen LogP contribution in [0.15, 0.2) is 0 Å². The van der Waals surface area contributed by atoms with Gasteiger partial charge in [0.25, 0.3) is 0 Å². The van der Waals surface area contributed by atoms with Crippen LogP contribution in [0.2, 0.25) is 0 Å². The van der Waals surface area contributed by atoms with Crippen molar-refractivity contribution in [3.8, 4) is 0 Å². The third-order valence-electron chi connectivity index (χ3n) is 3.18. The zero-order valence-corrected chi connectivity index (χ0v) is 11.5. The molecule has 0 aliphatic rings. The highest BCUT2D eigenvalue weighted by molar-refractivity contribution is 5.75. The quantitative estimate of drug-likeness (QED) is 0.510. The third-order valence-corrected chi connectivity index (χ3v) is 3.18. The van der Waals surface area contributed by atoms with Crippen LogP contribution in [0.25, 0.3) is 0 Å². The Bertz CT molecular complexity index is 256. The number of hydrogen-bond donors (Lipinski definition) is 0. The number of carbonyl (C=O) groups is 2. The highest BCUT2D eigenvalue weighted by Gasteiger charge is 2.21. The molecule has 4 heteroatoms. The van der Waals surface area contributed by atoms with E-state index in [9.17, 15) is 9.59 Å². The van der Waals surface area contributed by atoms with Gasteiger partial charge in [-0.3, -0.25) is 4.79 Å². The third kappa shape index (κ3) is 7.77. The van der Waals surface area contributed by atoms with Gasteiger partial charge in [-0.15, -0.1) is 0 Å². The monoisotopic (exact) mass is 244 g/mol. The second-order valence-corrected chi connectivity index (χ2v) is 5.25. The van der Waals surface area contributed by atoms with Crippen LogP contribution in [-0.4, -0.2) is 25.2 Å². The lowest BCUT2D eigenvalue weighted by atomic mass is 9.77. The summed E-state index contributed by atoms with van der Waals surface area (Å²) >= 11 is 0. The van der Waals surface area contributed by atoms with Crippen molar-refractivity contribution in [3.05, 3.63) is 0 Å². The molecular weight excluding hydrogens is 220 g/mol. The lowest BCUT2D eigenvalue weighted by molar-refractivity contribution is -0.157. The SMILES string of the molecule is CC(=O)OCC(=O)OCCCC(C)(C)C(C)C. The Morgan fingerprint density at radius 3 is 2.24 bits per heavy atom. The minimum atomic E-state index is -0.484. The highest BCUT2D eigenvalue weighted by Crippen LogP contribution is 2.31. The van der Waals surface area contributed by atoms with Gasteiger partial charge in [0.05, 0.1) is 6.61 Å². The predicted molar refractivity (Wildman–Crippen MR) is 65.4 cm³/mol. The normalized spacial score (nSPS) is 11.4. The molecular formula is C13H24O4. The molecule has 0 amide bonds. The summed E-state index contributed by atoms with van der Waals surface area (Å²) in [5, 5.41) is 0. The molecule has 0 aliphatic heterocycles. The first-order chi connectivity index (χ1) is 7.75. The van der Waals surface area contributed by atoms with Crippen LogP contribution in [0.5, 0.6) is 0 Å². The minimum Gasteiger partial charge on any atom is -0.463 e. The molecule has 17 heavy (non-hydrogen) atoms. The average Bonchev–Trinajstić information content (AvgIpc) is 2.21. The van der Waals surface area contributed by atoms with Gasteiger partial charge in [0.1, 0.15) is 0 Å². The summed E-state index contributed by atoms with van der Waals surface area (Å²) in [4.78, 5) is 21.6. The van der Waals surface area contributed by atoms with Crippen molar-refractivity contribution in [3.63, 3.8) is 0 Å².